The van der Waals surface area contributed by atoms with Gasteiger partial charge in [-0.2, -0.15) is 5.26 Å². The first-order valence-corrected chi connectivity index (χ1v) is 5.45. The number of carbonyl (C=O) groups excluding carboxylic acids is 1. The lowest BCUT2D eigenvalue weighted by atomic mass is 10.1. The van der Waals surface area contributed by atoms with Crippen LogP contribution in [0.1, 0.15) is 26.3 Å². The van der Waals surface area contributed by atoms with Crippen LogP contribution in [0.15, 0.2) is 24.3 Å². The molecule has 0 aliphatic heterocycles. The number of nitriles is 1. The topological polar surface area (TPSA) is 62.1 Å². The number of rotatable bonds is 4. The normalized spacial score (nSPS) is 10.5. The predicted molar refractivity (Wildman–Crippen MR) is 65.5 cm³/mol. The fourth-order valence-corrected chi connectivity index (χ4v) is 1.35. The molecule has 0 unspecified atom stereocenters. The average molecular weight is 232 g/mol. The van der Waals surface area contributed by atoms with Crippen molar-refractivity contribution in [1.82, 2.24) is 0 Å². The van der Waals surface area contributed by atoms with E-state index in [0.29, 0.717) is 12.2 Å². The molecule has 1 rings (SSSR count). The molecule has 90 valence electrons. The molecular formula is C13H16N2O2. The third-order valence-corrected chi connectivity index (χ3v) is 2.26. The smallest absolute Gasteiger partial charge is 0.331 e. The Morgan fingerprint density at radius 1 is 1.41 bits per heavy atom. The molecule has 0 saturated carbocycles. The van der Waals surface area contributed by atoms with Gasteiger partial charge in [-0.25, -0.2) is 4.79 Å². The van der Waals surface area contributed by atoms with Gasteiger partial charge in [0.15, 0.2) is 0 Å². The van der Waals surface area contributed by atoms with Crippen LogP contribution in [0, 0.1) is 11.3 Å². The summed E-state index contributed by atoms with van der Waals surface area (Å²) in [6.45, 7) is 5.64. The fraction of sp³-hybridized carbons (Fsp3) is 0.385. The highest BCUT2D eigenvalue weighted by Crippen LogP contribution is 2.17. The summed E-state index contributed by atoms with van der Waals surface area (Å²) in [5.74, 6) is -0.302. The summed E-state index contributed by atoms with van der Waals surface area (Å²) in [5.41, 5.74) is 0.580. The van der Waals surface area contributed by atoms with E-state index in [2.05, 4.69) is 5.32 Å². The number of benzene rings is 1. The highest BCUT2D eigenvalue weighted by atomic mass is 16.5. The van der Waals surface area contributed by atoms with Crippen LogP contribution in [0.3, 0.4) is 0 Å². The minimum Gasteiger partial charge on any atom is -0.464 e. The molecule has 0 amide bonds. The summed E-state index contributed by atoms with van der Waals surface area (Å²) in [5, 5.41) is 11.7. The van der Waals surface area contributed by atoms with Crippen LogP contribution in [-0.2, 0) is 9.53 Å². The first kappa shape index (κ1) is 13.0. The van der Waals surface area contributed by atoms with E-state index < -0.39 is 5.54 Å². The van der Waals surface area contributed by atoms with Gasteiger partial charge < -0.3 is 10.1 Å². The van der Waals surface area contributed by atoms with Crippen molar-refractivity contribution in [2.45, 2.75) is 26.3 Å². The molecule has 0 aliphatic rings. The van der Waals surface area contributed by atoms with Crippen LogP contribution in [0.25, 0.3) is 0 Å². The van der Waals surface area contributed by atoms with Gasteiger partial charge in [0.25, 0.3) is 0 Å². The number of nitrogens with one attached hydrogen (secondary N) is 1. The van der Waals surface area contributed by atoms with Crippen molar-refractivity contribution in [1.29, 1.82) is 5.26 Å². The van der Waals surface area contributed by atoms with Crippen LogP contribution >= 0.6 is 0 Å². The molecule has 0 aromatic heterocycles. The van der Waals surface area contributed by atoms with Crippen molar-refractivity contribution in [2.75, 3.05) is 11.9 Å². The summed E-state index contributed by atoms with van der Waals surface area (Å²) in [4.78, 5) is 11.7. The number of hydrogen-bond acceptors (Lipinski definition) is 4. The van der Waals surface area contributed by atoms with Crippen LogP contribution in [0.5, 0.6) is 0 Å². The molecule has 0 spiro atoms. The lowest BCUT2D eigenvalue weighted by Gasteiger charge is -2.25. The highest BCUT2D eigenvalue weighted by Gasteiger charge is 2.28. The first-order valence-electron chi connectivity index (χ1n) is 5.45. The van der Waals surface area contributed by atoms with E-state index in [0.717, 1.165) is 5.69 Å². The number of hydrogen-bond donors (Lipinski definition) is 1. The van der Waals surface area contributed by atoms with Crippen molar-refractivity contribution in [2.24, 2.45) is 0 Å². The zero-order chi connectivity index (χ0) is 12.9. The molecule has 0 aliphatic carbocycles. The Hall–Kier alpha value is -2.02. The third kappa shape index (κ3) is 3.49. The average Bonchev–Trinajstić information content (AvgIpc) is 2.30. The van der Waals surface area contributed by atoms with Crippen molar-refractivity contribution >= 4 is 11.7 Å². The Balaban J connectivity index is 2.76. The van der Waals surface area contributed by atoms with E-state index in [1.54, 1.807) is 45.0 Å². The first-order chi connectivity index (χ1) is 7.99. The van der Waals surface area contributed by atoms with E-state index in [1.165, 1.54) is 0 Å². The molecule has 17 heavy (non-hydrogen) atoms. The van der Waals surface area contributed by atoms with E-state index in [-0.39, 0.29) is 5.97 Å². The standard InChI is InChI=1S/C13H16N2O2/c1-4-17-12(16)13(2,3)15-11-7-5-10(9-14)6-8-11/h5-8,15H,4H2,1-3H3. The van der Waals surface area contributed by atoms with Gasteiger partial charge >= 0.3 is 5.97 Å². The largest absolute Gasteiger partial charge is 0.464 e. The van der Waals surface area contributed by atoms with Gasteiger partial charge in [-0.1, -0.05) is 0 Å². The minimum atomic E-state index is -0.788. The third-order valence-electron chi connectivity index (χ3n) is 2.26. The van der Waals surface area contributed by atoms with Crippen molar-refractivity contribution in [3.05, 3.63) is 29.8 Å². The zero-order valence-corrected chi connectivity index (χ0v) is 10.3. The summed E-state index contributed by atoms with van der Waals surface area (Å²) in [7, 11) is 0. The Kier molecular flexibility index (Phi) is 4.11. The highest BCUT2D eigenvalue weighted by molar-refractivity contribution is 5.83. The second-order valence-corrected chi connectivity index (χ2v) is 4.16. The Labute approximate surface area is 101 Å². The number of esters is 1. The number of nitrogens with zero attached hydrogens (tertiary/aromatic N) is 1. The lowest BCUT2D eigenvalue weighted by molar-refractivity contribution is -0.147. The van der Waals surface area contributed by atoms with Gasteiger partial charge in [-0.3, -0.25) is 0 Å². The molecule has 0 fully saturated rings. The maximum atomic E-state index is 11.7. The van der Waals surface area contributed by atoms with Gasteiger partial charge in [-0.05, 0) is 45.0 Å². The second-order valence-electron chi connectivity index (χ2n) is 4.16. The maximum absolute atomic E-state index is 11.7. The molecule has 4 nitrogen and oxygen atoms in total. The zero-order valence-electron chi connectivity index (χ0n) is 10.3. The van der Waals surface area contributed by atoms with Crippen LogP contribution in [0.2, 0.25) is 0 Å². The van der Waals surface area contributed by atoms with Gasteiger partial charge in [0.1, 0.15) is 5.54 Å². The lowest BCUT2D eigenvalue weighted by Crippen LogP contribution is -2.41. The summed E-state index contributed by atoms with van der Waals surface area (Å²) in [6.07, 6.45) is 0. The van der Waals surface area contributed by atoms with Gasteiger partial charge in [0, 0.05) is 5.69 Å². The Bertz CT molecular complexity index is 430. The second kappa shape index (κ2) is 5.35. The Morgan fingerprint density at radius 2 is 2.00 bits per heavy atom. The molecular weight excluding hydrogens is 216 g/mol. The Morgan fingerprint density at radius 3 is 2.47 bits per heavy atom. The predicted octanol–water partition coefficient (Wildman–Crippen LogP) is 2.31. The van der Waals surface area contributed by atoms with Crippen molar-refractivity contribution < 1.29 is 9.53 Å². The van der Waals surface area contributed by atoms with Crippen LogP contribution in [0.4, 0.5) is 5.69 Å². The molecule has 1 aromatic carbocycles. The van der Waals surface area contributed by atoms with Gasteiger partial charge in [0.05, 0.1) is 18.2 Å². The van der Waals surface area contributed by atoms with Crippen LogP contribution < -0.4 is 5.32 Å². The number of carbonyl (C=O) groups is 1. The number of ether oxygens (including phenoxy) is 1. The monoisotopic (exact) mass is 232 g/mol. The summed E-state index contributed by atoms with van der Waals surface area (Å²) in [6, 6.07) is 8.96. The molecule has 0 saturated heterocycles. The summed E-state index contributed by atoms with van der Waals surface area (Å²) < 4.78 is 4.97. The molecule has 1 aromatic rings. The molecule has 0 heterocycles. The molecule has 1 N–H and O–H groups in total. The van der Waals surface area contributed by atoms with Crippen LogP contribution in [-0.4, -0.2) is 18.1 Å². The van der Waals surface area contributed by atoms with Crippen molar-refractivity contribution in [3.8, 4) is 6.07 Å². The maximum Gasteiger partial charge on any atom is 0.331 e. The SMILES string of the molecule is CCOC(=O)C(C)(C)Nc1ccc(C#N)cc1. The molecule has 0 bridgehead atoms. The van der Waals surface area contributed by atoms with E-state index in [9.17, 15) is 4.79 Å². The van der Waals surface area contributed by atoms with Crippen molar-refractivity contribution in [3.63, 3.8) is 0 Å². The van der Waals surface area contributed by atoms with E-state index >= 15 is 0 Å². The molecule has 0 radical (unpaired) electrons. The minimum absolute atomic E-state index is 0.302. The van der Waals surface area contributed by atoms with Gasteiger partial charge in [-0.15, -0.1) is 0 Å². The van der Waals surface area contributed by atoms with E-state index in [4.69, 9.17) is 10.00 Å². The fourth-order valence-electron chi connectivity index (χ4n) is 1.35. The molecule has 0 atom stereocenters. The molecule has 4 heteroatoms. The van der Waals surface area contributed by atoms with E-state index in [1.807, 2.05) is 6.07 Å². The quantitative estimate of drug-likeness (QED) is 0.809. The summed E-state index contributed by atoms with van der Waals surface area (Å²) >= 11 is 0. The van der Waals surface area contributed by atoms with Gasteiger partial charge in [0.2, 0.25) is 0 Å². The number of anilines is 1.